The number of sulfonamides is 1. The molecule has 0 radical (unpaired) electrons. The zero-order valence-corrected chi connectivity index (χ0v) is 17.4. The van der Waals surface area contributed by atoms with Crippen molar-refractivity contribution in [3.05, 3.63) is 52.1 Å². The van der Waals surface area contributed by atoms with Crippen LogP contribution in [0.3, 0.4) is 0 Å². The van der Waals surface area contributed by atoms with Gasteiger partial charge in [-0.3, -0.25) is 0 Å². The van der Waals surface area contributed by atoms with E-state index in [1.54, 1.807) is 12.1 Å². The summed E-state index contributed by atoms with van der Waals surface area (Å²) in [7, 11) is -4.04. The first-order chi connectivity index (χ1) is 13.2. The van der Waals surface area contributed by atoms with Crippen LogP contribution in [-0.4, -0.2) is 58.5 Å². The quantitative estimate of drug-likeness (QED) is 0.703. The lowest BCUT2D eigenvalue weighted by molar-refractivity contribution is 0.00317. The summed E-state index contributed by atoms with van der Waals surface area (Å²) < 4.78 is 27.1. The highest BCUT2D eigenvalue weighted by atomic mass is 35.5. The summed E-state index contributed by atoms with van der Waals surface area (Å²) in [4.78, 5) is 3.98. The fourth-order valence-electron chi connectivity index (χ4n) is 2.80. The number of aromatic nitrogens is 1. The Hall–Kier alpha value is -1.38. The van der Waals surface area contributed by atoms with Crippen LogP contribution in [0.4, 0.5) is 0 Å². The molecule has 0 bridgehead atoms. The molecule has 1 aromatic carbocycles. The van der Waals surface area contributed by atoms with Crippen molar-refractivity contribution < 1.29 is 18.6 Å². The third-order valence-corrected chi connectivity index (χ3v) is 8.21. The maximum absolute atomic E-state index is 13.0. The van der Waals surface area contributed by atoms with Crippen LogP contribution in [0.1, 0.15) is 5.56 Å². The molecule has 1 aliphatic heterocycles. The largest absolute Gasteiger partial charge is 0.393 e. The molecule has 7 nitrogen and oxygen atoms in total. The minimum absolute atomic E-state index is 0.0509. The van der Waals surface area contributed by atoms with Crippen molar-refractivity contribution in [2.75, 3.05) is 19.7 Å². The molecule has 2 heterocycles. The summed E-state index contributed by atoms with van der Waals surface area (Å²) in [5.74, 6) is 0. The van der Waals surface area contributed by atoms with Gasteiger partial charge in [-0.15, -0.1) is 0 Å². The van der Waals surface area contributed by atoms with Crippen molar-refractivity contribution in [2.24, 2.45) is 0 Å². The number of benzene rings is 1. The molecule has 0 spiro atoms. The molecule has 148 valence electrons. The lowest BCUT2D eigenvalue weighted by Crippen LogP contribution is -2.44. The molecule has 2 atom stereocenters. The van der Waals surface area contributed by atoms with Crippen LogP contribution in [0.15, 0.2) is 46.5 Å². The average Bonchev–Trinajstić information content (AvgIpc) is 3.01. The van der Waals surface area contributed by atoms with Crippen molar-refractivity contribution >= 4 is 45.0 Å². The Morgan fingerprint density at radius 2 is 2.11 bits per heavy atom. The topological polar surface area (TPSA) is 115 Å². The maximum atomic E-state index is 13.0. The van der Waals surface area contributed by atoms with Gasteiger partial charge in [-0.2, -0.15) is 9.57 Å². The van der Waals surface area contributed by atoms with Crippen LogP contribution < -0.4 is 0 Å². The van der Waals surface area contributed by atoms with E-state index < -0.39 is 27.5 Å². The first kappa shape index (κ1) is 21.3. The van der Waals surface area contributed by atoms with Crippen molar-refractivity contribution in [3.63, 3.8) is 0 Å². The summed E-state index contributed by atoms with van der Waals surface area (Å²) in [6, 6.07) is 9.06. The number of aliphatic hydroxyl groups is 2. The van der Waals surface area contributed by atoms with Gasteiger partial charge in [-0.25, -0.2) is 13.4 Å². The number of rotatable bonds is 5. The summed E-state index contributed by atoms with van der Waals surface area (Å²) >= 11 is 13.0. The number of halogens is 2. The highest BCUT2D eigenvalue weighted by molar-refractivity contribution is 8.00. The minimum atomic E-state index is -4.04. The Balaban J connectivity index is 1.89. The molecule has 28 heavy (non-hydrogen) atoms. The van der Waals surface area contributed by atoms with Crippen LogP contribution >= 0.6 is 35.0 Å². The lowest BCUT2D eigenvalue weighted by Gasteiger charge is -2.25. The molecule has 1 aliphatic rings. The second-order valence-corrected chi connectivity index (χ2v) is 10.2. The van der Waals surface area contributed by atoms with E-state index in [9.17, 15) is 18.6 Å². The number of hydrogen-bond donors (Lipinski definition) is 2. The Bertz CT molecular complexity index is 1030. The van der Waals surface area contributed by atoms with Crippen LogP contribution in [0, 0.1) is 11.3 Å². The van der Waals surface area contributed by atoms with E-state index in [2.05, 4.69) is 4.98 Å². The van der Waals surface area contributed by atoms with E-state index >= 15 is 0 Å². The van der Waals surface area contributed by atoms with Gasteiger partial charge in [0, 0.05) is 19.3 Å². The average molecular weight is 460 g/mol. The molecule has 0 saturated carbocycles. The maximum Gasteiger partial charge on any atom is 0.244 e. The van der Waals surface area contributed by atoms with Crippen molar-refractivity contribution in [2.45, 2.75) is 20.8 Å². The van der Waals surface area contributed by atoms with Crippen LogP contribution in [0.2, 0.25) is 10.0 Å². The van der Waals surface area contributed by atoms with Crippen LogP contribution in [-0.2, 0) is 10.0 Å². The summed E-state index contributed by atoms with van der Waals surface area (Å²) in [6.07, 6.45) is 1.45. The first-order valence-electron chi connectivity index (χ1n) is 8.01. The highest BCUT2D eigenvalue weighted by Gasteiger charge is 2.50. The molecule has 0 amide bonds. The monoisotopic (exact) mass is 459 g/mol. The number of nitrogens with zero attached hydrogens (tertiary/aromatic N) is 3. The van der Waals surface area contributed by atoms with E-state index in [1.807, 2.05) is 6.07 Å². The predicted molar refractivity (Wildman–Crippen MR) is 106 cm³/mol. The van der Waals surface area contributed by atoms with E-state index in [-0.39, 0.29) is 28.6 Å². The third kappa shape index (κ3) is 4.14. The van der Waals surface area contributed by atoms with Gasteiger partial charge >= 0.3 is 0 Å². The zero-order valence-electron chi connectivity index (χ0n) is 14.3. The molecule has 11 heteroatoms. The SMILES string of the molecule is N#Cc1ccc(S(=O)(=O)N2C[C@H](Sc3ccc(Cl)cn3)[C@](O)(CO)C2)c(Cl)c1. The number of aliphatic hydroxyl groups excluding tert-OH is 1. The molecule has 3 rings (SSSR count). The molecule has 2 aromatic rings. The second-order valence-electron chi connectivity index (χ2n) is 6.24. The molecule has 0 unspecified atom stereocenters. The molecule has 2 N–H and O–H groups in total. The van der Waals surface area contributed by atoms with E-state index in [4.69, 9.17) is 28.5 Å². The van der Waals surface area contributed by atoms with Gasteiger partial charge in [0.1, 0.15) is 10.5 Å². The van der Waals surface area contributed by atoms with Crippen molar-refractivity contribution in [1.82, 2.24) is 9.29 Å². The van der Waals surface area contributed by atoms with Crippen molar-refractivity contribution in [3.8, 4) is 6.07 Å². The summed E-state index contributed by atoms with van der Waals surface area (Å²) in [5.41, 5.74) is -1.42. The molecule has 1 saturated heterocycles. The number of hydrogen-bond acceptors (Lipinski definition) is 7. The predicted octanol–water partition coefficient (Wildman–Crippen LogP) is 2.15. The van der Waals surface area contributed by atoms with Crippen LogP contribution in [0.5, 0.6) is 0 Å². The summed E-state index contributed by atoms with van der Waals surface area (Å²) in [5, 5.41) is 29.7. The van der Waals surface area contributed by atoms with E-state index in [0.29, 0.717) is 10.0 Å². The fourth-order valence-corrected chi connectivity index (χ4v) is 6.22. The molecular formula is C17H15Cl2N3O4S2. The number of β-amino-alcohol motifs (C(OH)–C–C–N with tert-alkyl or cyclic N) is 1. The van der Waals surface area contributed by atoms with Gasteiger partial charge in [0.05, 0.1) is 38.6 Å². The van der Waals surface area contributed by atoms with Gasteiger partial charge in [0.25, 0.3) is 0 Å². The van der Waals surface area contributed by atoms with E-state index in [1.165, 1.54) is 24.4 Å². The number of pyridine rings is 1. The normalized spacial score (nSPS) is 22.9. The molecule has 0 aliphatic carbocycles. The highest BCUT2D eigenvalue weighted by Crippen LogP contribution is 2.38. The zero-order chi connectivity index (χ0) is 20.5. The molecular weight excluding hydrogens is 445 g/mol. The first-order valence-corrected chi connectivity index (χ1v) is 11.1. The second kappa shape index (κ2) is 8.16. The smallest absolute Gasteiger partial charge is 0.244 e. The van der Waals surface area contributed by atoms with Gasteiger partial charge in [-0.05, 0) is 30.3 Å². The standard InChI is InChI=1S/C17H15Cl2N3O4S2/c18-12-2-4-16(21-7-12)27-15-8-22(9-17(15,24)10-23)28(25,26)14-3-1-11(6-20)5-13(14)19/h1-5,7,15,23-24H,8-10H2/t15-,17+/m0/s1. The fraction of sp³-hybridized carbons (Fsp3) is 0.294. The van der Waals surface area contributed by atoms with Gasteiger partial charge in [-0.1, -0.05) is 35.0 Å². The van der Waals surface area contributed by atoms with Crippen LogP contribution in [0.25, 0.3) is 0 Å². The Labute approximate surface area is 176 Å². The van der Waals surface area contributed by atoms with Gasteiger partial charge < -0.3 is 10.2 Å². The number of thioether (sulfide) groups is 1. The Kier molecular flexibility index (Phi) is 6.22. The van der Waals surface area contributed by atoms with Gasteiger partial charge in [0.15, 0.2) is 0 Å². The van der Waals surface area contributed by atoms with E-state index in [0.717, 1.165) is 16.1 Å². The Morgan fingerprint density at radius 3 is 2.68 bits per heavy atom. The minimum Gasteiger partial charge on any atom is -0.393 e. The molecule has 1 fully saturated rings. The lowest BCUT2D eigenvalue weighted by atomic mass is 10.1. The van der Waals surface area contributed by atoms with Crippen molar-refractivity contribution in [1.29, 1.82) is 5.26 Å². The Morgan fingerprint density at radius 1 is 1.36 bits per heavy atom. The third-order valence-electron chi connectivity index (χ3n) is 4.33. The summed E-state index contributed by atoms with van der Waals surface area (Å²) in [6.45, 7) is -0.969. The number of nitriles is 1. The van der Waals surface area contributed by atoms with Gasteiger partial charge in [0.2, 0.25) is 10.0 Å². The molecule has 1 aromatic heterocycles.